The van der Waals surface area contributed by atoms with E-state index in [0.29, 0.717) is 5.75 Å². The minimum atomic E-state index is 0. The molecule has 0 aliphatic rings. The SMILES string of the molecule is [CH2]CS.[LiH]. The van der Waals surface area contributed by atoms with E-state index in [9.17, 15) is 0 Å². The molecule has 0 aromatic heterocycles. The van der Waals surface area contributed by atoms with Gasteiger partial charge in [0.15, 0.2) is 0 Å². The normalized spacial score (nSPS) is 4.50. The third kappa shape index (κ3) is 12.5. The van der Waals surface area contributed by atoms with Crippen molar-refractivity contribution in [2.45, 2.75) is 0 Å². The van der Waals surface area contributed by atoms with E-state index in [1.54, 1.807) is 0 Å². The summed E-state index contributed by atoms with van der Waals surface area (Å²) in [5.41, 5.74) is 0. The molecular weight excluding hydrogens is 63.0 g/mol. The molecule has 0 saturated heterocycles. The fourth-order valence-corrected chi connectivity index (χ4v) is 0. The second-order valence-electron chi connectivity index (χ2n) is 0.224. The summed E-state index contributed by atoms with van der Waals surface area (Å²) in [4.78, 5) is 0. The zero-order valence-corrected chi connectivity index (χ0v) is 2.76. The van der Waals surface area contributed by atoms with Gasteiger partial charge in [-0.05, 0) is 12.7 Å². The molecule has 0 unspecified atom stereocenters. The monoisotopic (exact) mass is 69.0 g/mol. The first-order valence-corrected chi connectivity index (χ1v) is 1.45. The summed E-state index contributed by atoms with van der Waals surface area (Å²) in [7, 11) is 0. The molecule has 0 spiro atoms. The van der Waals surface area contributed by atoms with Gasteiger partial charge in [-0.3, -0.25) is 0 Å². The topological polar surface area (TPSA) is 0 Å². The van der Waals surface area contributed by atoms with Crippen LogP contribution in [0.15, 0.2) is 0 Å². The average Bonchev–Trinajstić information content (AvgIpc) is 0.918. The van der Waals surface area contributed by atoms with Gasteiger partial charge in [-0.1, -0.05) is 0 Å². The Kier molecular flexibility index (Phi) is 20.1. The number of thiol groups is 1. The van der Waals surface area contributed by atoms with Crippen molar-refractivity contribution in [2.24, 2.45) is 0 Å². The van der Waals surface area contributed by atoms with Gasteiger partial charge in [0.1, 0.15) is 0 Å². The predicted octanol–water partition coefficient (Wildman–Crippen LogP) is 0.102. The molecule has 0 aliphatic carbocycles. The Morgan fingerprint density at radius 3 is 1.75 bits per heavy atom. The van der Waals surface area contributed by atoms with Gasteiger partial charge in [-0.15, -0.1) is 0 Å². The number of rotatable bonds is 0. The van der Waals surface area contributed by atoms with Gasteiger partial charge in [0, 0.05) is 0 Å². The van der Waals surface area contributed by atoms with Crippen molar-refractivity contribution in [1.82, 2.24) is 0 Å². The molecule has 0 fully saturated rings. The molecule has 0 bridgehead atoms. The molecule has 2 heteroatoms. The molecule has 0 aromatic rings. The third-order valence-electron chi connectivity index (χ3n) is 0. The second kappa shape index (κ2) is 9.04. The van der Waals surface area contributed by atoms with Crippen molar-refractivity contribution in [2.75, 3.05) is 5.75 Å². The molecule has 0 aromatic carbocycles. The van der Waals surface area contributed by atoms with E-state index in [0.717, 1.165) is 0 Å². The molecule has 0 atom stereocenters. The van der Waals surface area contributed by atoms with Crippen LogP contribution in [0.2, 0.25) is 0 Å². The molecule has 0 rings (SSSR count). The summed E-state index contributed by atoms with van der Waals surface area (Å²) in [6, 6.07) is 0. The van der Waals surface area contributed by atoms with Crippen LogP contribution in [0.1, 0.15) is 0 Å². The molecule has 0 amide bonds. The second-order valence-corrected chi connectivity index (χ2v) is 0.671. The van der Waals surface area contributed by atoms with E-state index in [1.165, 1.54) is 0 Å². The zero-order valence-electron chi connectivity index (χ0n) is 1.86. The van der Waals surface area contributed by atoms with Crippen LogP contribution in [0.25, 0.3) is 0 Å². The Labute approximate surface area is 44.6 Å². The van der Waals surface area contributed by atoms with Gasteiger partial charge in [0.25, 0.3) is 0 Å². The van der Waals surface area contributed by atoms with Crippen molar-refractivity contribution in [3.63, 3.8) is 0 Å². The first kappa shape index (κ1) is 8.87. The van der Waals surface area contributed by atoms with Crippen LogP contribution in [0.4, 0.5) is 0 Å². The predicted molar refractivity (Wildman–Crippen MR) is 26.4 cm³/mol. The zero-order chi connectivity index (χ0) is 2.71. The first-order valence-electron chi connectivity index (χ1n) is 0.816. The summed E-state index contributed by atoms with van der Waals surface area (Å²) in [6.07, 6.45) is 0. The Morgan fingerprint density at radius 2 is 1.75 bits per heavy atom. The van der Waals surface area contributed by atoms with E-state index >= 15 is 0 Å². The number of hydrogen-bond acceptors (Lipinski definition) is 1. The van der Waals surface area contributed by atoms with E-state index in [4.69, 9.17) is 0 Å². The van der Waals surface area contributed by atoms with Gasteiger partial charge in [-0.25, -0.2) is 0 Å². The van der Waals surface area contributed by atoms with E-state index in [2.05, 4.69) is 19.6 Å². The van der Waals surface area contributed by atoms with Crippen LogP contribution in [0.5, 0.6) is 0 Å². The maximum absolute atomic E-state index is 3.68. The standard InChI is InChI=1S/C2H5S.Li.H/c1-2-3;;/h3H,1-2H2;;. The van der Waals surface area contributed by atoms with Gasteiger partial charge in [-0.2, -0.15) is 12.6 Å². The summed E-state index contributed by atoms with van der Waals surface area (Å²) in [6.45, 7) is 3.35. The van der Waals surface area contributed by atoms with Crippen molar-refractivity contribution >= 4 is 31.5 Å². The van der Waals surface area contributed by atoms with E-state index in [1.807, 2.05) is 0 Å². The van der Waals surface area contributed by atoms with E-state index in [-0.39, 0.29) is 18.9 Å². The fraction of sp³-hybridized carbons (Fsp3) is 0.500. The van der Waals surface area contributed by atoms with Crippen LogP contribution < -0.4 is 0 Å². The van der Waals surface area contributed by atoms with E-state index < -0.39 is 0 Å². The molecule has 0 saturated carbocycles. The average molecular weight is 69.1 g/mol. The quantitative estimate of drug-likeness (QED) is 0.303. The Balaban J connectivity index is 0. The molecule has 0 nitrogen and oxygen atoms in total. The third-order valence-corrected chi connectivity index (χ3v) is 0. The van der Waals surface area contributed by atoms with Gasteiger partial charge < -0.3 is 0 Å². The van der Waals surface area contributed by atoms with Gasteiger partial charge >= 0.3 is 18.9 Å². The van der Waals surface area contributed by atoms with Crippen molar-refractivity contribution in [3.05, 3.63) is 6.92 Å². The molecule has 0 heterocycles. The summed E-state index contributed by atoms with van der Waals surface area (Å²) in [5, 5.41) is 0. The fourth-order valence-electron chi connectivity index (χ4n) is 0. The van der Waals surface area contributed by atoms with Gasteiger partial charge in [0.05, 0.1) is 0 Å². The molecule has 1 radical (unpaired) electrons. The summed E-state index contributed by atoms with van der Waals surface area (Å²) < 4.78 is 0. The Hall–Kier alpha value is 0.947. The number of hydrogen-bond donors (Lipinski definition) is 1. The van der Waals surface area contributed by atoms with Crippen molar-refractivity contribution in [1.29, 1.82) is 0 Å². The van der Waals surface area contributed by atoms with Crippen LogP contribution in [0, 0.1) is 6.92 Å². The van der Waals surface area contributed by atoms with Crippen molar-refractivity contribution < 1.29 is 0 Å². The van der Waals surface area contributed by atoms with Crippen LogP contribution >= 0.6 is 12.6 Å². The van der Waals surface area contributed by atoms with Gasteiger partial charge in [0.2, 0.25) is 0 Å². The molecule has 0 N–H and O–H groups in total. The Morgan fingerprint density at radius 1 is 1.75 bits per heavy atom. The molecular formula is C2H6LiS. The molecule has 21 valence electrons. The maximum atomic E-state index is 3.68. The minimum absolute atomic E-state index is 0. The summed E-state index contributed by atoms with van der Waals surface area (Å²) in [5.74, 6) is 0.694. The molecule has 4 heavy (non-hydrogen) atoms. The molecule has 0 aliphatic heterocycles. The van der Waals surface area contributed by atoms with Crippen molar-refractivity contribution in [3.8, 4) is 0 Å². The van der Waals surface area contributed by atoms with Crippen LogP contribution in [-0.4, -0.2) is 24.6 Å². The first-order chi connectivity index (χ1) is 1.41. The van der Waals surface area contributed by atoms with Crippen LogP contribution in [-0.2, 0) is 0 Å². The Bertz CT molecular complexity index is 6.00. The summed E-state index contributed by atoms with van der Waals surface area (Å²) >= 11 is 3.68. The van der Waals surface area contributed by atoms with Crippen LogP contribution in [0.3, 0.4) is 0 Å².